The van der Waals surface area contributed by atoms with Crippen molar-refractivity contribution in [3.05, 3.63) is 112 Å². The lowest BCUT2D eigenvalue weighted by Gasteiger charge is -2.10. The minimum absolute atomic E-state index is 0.126. The van der Waals surface area contributed by atoms with Gasteiger partial charge in [-0.05, 0) is 23.8 Å². The van der Waals surface area contributed by atoms with Crippen LogP contribution in [0.3, 0.4) is 0 Å². The number of carbonyl (C=O) groups is 1. The van der Waals surface area contributed by atoms with Crippen LogP contribution < -0.4 is 4.72 Å². The molecule has 0 aliphatic heterocycles. The van der Waals surface area contributed by atoms with Gasteiger partial charge in [-0.25, -0.2) is 13.1 Å². The van der Waals surface area contributed by atoms with Crippen molar-refractivity contribution >= 4 is 27.6 Å². The number of non-ortho nitro benzene ring substituents is 1. The SMILES string of the molecule is O=C(/C(=C/c1ccccc1)CNS(=O)(=O)c1ccc([N+](=O)[O-])cc1)c1ccccc1. The second-order valence-corrected chi connectivity index (χ2v) is 8.12. The second-order valence-electron chi connectivity index (χ2n) is 6.35. The maximum Gasteiger partial charge on any atom is 0.269 e. The van der Waals surface area contributed by atoms with Crippen molar-refractivity contribution in [3.63, 3.8) is 0 Å². The first-order chi connectivity index (χ1) is 14.4. The molecule has 0 aliphatic rings. The molecule has 8 heteroatoms. The van der Waals surface area contributed by atoms with Crippen LogP contribution in [0.25, 0.3) is 6.08 Å². The number of sulfonamides is 1. The van der Waals surface area contributed by atoms with E-state index >= 15 is 0 Å². The van der Waals surface area contributed by atoms with Gasteiger partial charge in [-0.2, -0.15) is 0 Å². The maximum absolute atomic E-state index is 12.9. The average Bonchev–Trinajstić information content (AvgIpc) is 2.77. The molecule has 7 nitrogen and oxygen atoms in total. The lowest BCUT2D eigenvalue weighted by atomic mass is 10.0. The van der Waals surface area contributed by atoms with Crippen LogP contribution in [0.5, 0.6) is 0 Å². The van der Waals surface area contributed by atoms with Gasteiger partial charge in [0.25, 0.3) is 5.69 Å². The summed E-state index contributed by atoms with van der Waals surface area (Å²) in [4.78, 5) is 23.0. The molecular formula is C22H18N2O5S. The van der Waals surface area contributed by atoms with Crippen molar-refractivity contribution in [1.29, 1.82) is 0 Å². The summed E-state index contributed by atoms with van der Waals surface area (Å²) in [5, 5.41) is 10.8. The normalized spacial score (nSPS) is 11.8. The van der Waals surface area contributed by atoms with Gasteiger partial charge in [0.2, 0.25) is 10.0 Å². The van der Waals surface area contributed by atoms with Crippen molar-refractivity contribution in [2.45, 2.75) is 4.90 Å². The lowest BCUT2D eigenvalue weighted by molar-refractivity contribution is -0.384. The quantitative estimate of drug-likeness (QED) is 0.257. The fourth-order valence-electron chi connectivity index (χ4n) is 2.73. The number of hydrogen-bond acceptors (Lipinski definition) is 5. The summed E-state index contributed by atoms with van der Waals surface area (Å²) in [6, 6.07) is 22.2. The van der Waals surface area contributed by atoms with E-state index < -0.39 is 14.9 Å². The van der Waals surface area contributed by atoms with Crippen LogP contribution in [0, 0.1) is 10.1 Å². The highest BCUT2D eigenvalue weighted by Crippen LogP contribution is 2.17. The first-order valence-corrected chi connectivity index (χ1v) is 10.4. The molecule has 0 saturated carbocycles. The zero-order chi connectivity index (χ0) is 21.6. The van der Waals surface area contributed by atoms with E-state index in [9.17, 15) is 23.3 Å². The Morgan fingerprint density at radius 2 is 1.47 bits per heavy atom. The van der Waals surface area contributed by atoms with Crippen molar-refractivity contribution in [1.82, 2.24) is 4.72 Å². The summed E-state index contributed by atoms with van der Waals surface area (Å²) in [5.74, 6) is -0.300. The Hall–Kier alpha value is -3.62. The smallest absolute Gasteiger partial charge is 0.269 e. The van der Waals surface area contributed by atoms with E-state index in [4.69, 9.17) is 0 Å². The highest BCUT2D eigenvalue weighted by Gasteiger charge is 2.19. The van der Waals surface area contributed by atoms with Gasteiger partial charge in [0.15, 0.2) is 5.78 Å². The predicted octanol–water partition coefficient (Wildman–Crippen LogP) is 3.84. The van der Waals surface area contributed by atoms with Crippen LogP contribution in [-0.4, -0.2) is 25.7 Å². The third-order valence-electron chi connectivity index (χ3n) is 4.28. The Morgan fingerprint density at radius 1 is 0.900 bits per heavy atom. The zero-order valence-electron chi connectivity index (χ0n) is 15.8. The number of nitro groups is 1. The summed E-state index contributed by atoms with van der Waals surface area (Å²) in [5.41, 5.74) is 1.25. The Balaban J connectivity index is 1.87. The number of nitrogens with one attached hydrogen (secondary N) is 1. The van der Waals surface area contributed by atoms with Gasteiger partial charge < -0.3 is 0 Å². The molecule has 30 heavy (non-hydrogen) atoms. The van der Waals surface area contributed by atoms with E-state index in [1.807, 2.05) is 30.3 Å². The first kappa shape index (κ1) is 21.1. The molecule has 0 radical (unpaired) electrons. The van der Waals surface area contributed by atoms with Gasteiger partial charge in [0.1, 0.15) is 0 Å². The van der Waals surface area contributed by atoms with E-state index in [2.05, 4.69) is 4.72 Å². The molecule has 0 heterocycles. The number of hydrogen-bond donors (Lipinski definition) is 1. The molecule has 0 spiro atoms. The summed E-state index contributed by atoms with van der Waals surface area (Å²) < 4.78 is 27.6. The summed E-state index contributed by atoms with van der Waals surface area (Å²) >= 11 is 0. The van der Waals surface area contributed by atoms with Crippen LogP contribution in [0.15, 0.2) is 95.4 Å². The maximum atomic E-state index is 12.9. The standard InChI is InChI=1S/C22H18N2O5S/c25-22(18-9-5-2-6-10-18)19(15-17-7-3-1-4-8-17)16-23-30(28,29)21-13-11-20(12-14-21)24(26)27/h1-15,23H,16H2/b19-15+. The number of ketones is 1. The molecule has 0 unspecified atom stereocenters. The van der Waals surface area contributed by atoms with Crippen molar-refractivity contribution in [3.8, 4) is 0 Å². The number of Topliss-reactive ketones (excluding diaryl/α,β-unsaturated/α-hetero) is 1. The minimum atomic E-state index is -3.97. The molecule has 0 amide bonds. The largest absolute Gasteiger partial charge is 0.289 e. The molecule has 0 aliphatic carbocycles. The molecular weight excluding hydrogens is 404 g/mol. The molecule has 0 fully saturated rings. The van der Waals surface area contributed by atoms with Crippen molar-refractivity contribution in [2.75, 3.05) is 6.54 Å². The molecule has 152 valence electrons. The highest BCUT2D eigenvalue weighted by molar-refractivity contribution is 7.89. The van der Waals surface area contributed by atoms with E-state index in [0.29, 0.717) is 5.56 Å². The van der Waals surface area contributed by atoms with Gasteiger partial charge in [-0.1, -0.05) is 60.7 Å². The summed E-state index contributed by atoms with van der Waals surface area (Å²) in [6.45, 7) is -0.234. The van der Waals surface area contributed by atoms with Gasteiger partial charge in [-0.15, -0.1) is 0 Å². The second kappa shape index (κ2) is 9.25. The third kappa shape index (κ3) is 5.25. The monoisotopic (exact) mass is 422 g/mol. The molecule has 3 aromatic carbocycles. The average molecular weight is 422 g/mol. The number of nitro benzene ring substituents is 1. The summed E-state index contributed by atoms with van der Waals surface area (Å²) in [6.07, 6.45) is 1.63. The fourth-order valence-corrected chi connectivity index (χ4v) is 3.73. The number of benzene rings is 3. The number of carbonyl (C=O) groups excluding carboxylic acids is 1. The van der Waals surface area contributed by atoms with E-state index in [1.165, 1.54) is 0 Å². The Morgan fingerprint density at radius 3 is 2.03 bits per heavy atom. The molecule has 1 N–H and O–H groups in total. The molecule has 3 rings (SSSR count). The van der Waals surface area contributed by atoms with Crippen molar-refractivity contribution in [2.24, 2.45) is 0 Å². The van der Waals surface area contributed by atoms with E-state index in [1.54, 1.807) is 36.4 Å². The molecule has 3 aromatic rings. The van der Waals surface area contributed by atoms with E-state index in [-0.39, 0.29) is 28.5 Å². The van der Waals surface area contributed by atoms with Crippen LogP contribution in [0.2, 0.25) is 0 Å². The van der Waals surface area contributed by atoms with Gasteiger partial charge in [-0.3, -0.25) is 14.9 Å². The molecule has 0 saturated heterocycles. The van der Waals surface area contributed by atoms with Gasteiger partial charge in [0.05, 0.1) is 9.82 Å². The van der Waals surface area contributed by atoms with Crippen molar-refractivity contribution < 1.29 is 18.1 Å². The Kier molecular flexibility index (Phi) is 6.51. The first-order valence-electron chi connectivity index (χ1n) is 8.96. The molecule has 0 atom stereocenters. The van der Waals surface area contributed by atoms with Crippen LogP contribution >= 0.6 is 0 Å². The number of rotatable bonds is 8. The van der Waals surface area contributed by atoms with E-state index in [0.717, 1.165) is 29.8 Å². The van der Waals surface area contributed by atoms with Crippen LogP contribution in [0.1, 0.15) is 15.9 Å². The molecule has 0 aromatic heterocycles. The van der Waals surface area contributed by atoms with Gasteiger partial charge in [0, 0.05) is 29.8 Å². The minimum Gasteiger partial charge on any atom is -0.289 e. The Bertz CT molecular complexity index is 1170. The third-order valence-corrected chi connectivity index (χ3v) is 5.70. The number of nitrogens with zero attached hydrogens (tertiary/aromatic N) is 1. The van der Waals surface area contributed by atoms with Crippen LogP contribution in [-0.2, 0) is 10.0 Å². The zero-order valence-corrected chi connectivity index (χ0v) is 16.6. The summed E-state index contributed by atoms with van der Waals surface area (Å²) in [7, 11) is -3.97. The topological polar surface area (TPSA) is 106 Å². The Labute approximate surface area is 173 Å². The fraction of sp³-hybridized carbons (Fsp3) is 0.0455. The predicted molar refractivity (Wildman–Crippen MR) is 113 cm³/mol. The lowest BCUT2D eigenvalue weighted by Crippen LogP contribution is -2.28. The highest BCUT2D eigenvalue weighted by atomic mass is 32.2. The van der Waals surface area contributed by atoms with Crippen LogP contribution in [0.4, 0.5) is 5.69 Å². The van der Waals surface area contributed by atoms with Gasteiger partial charge >= 0.3 is 0 Å². The molecule has 0 bridgehead atoms.